The van der Waals surface area contributed by atoms with Crippen LogP contribution in [0.4, 0.5) is 0 Å². The Morgan fingerprint density at radius 3 is 2.81 bits per heavy atom. The molecule has 0 radical (unpaired) electrons. The quantitative estimate of drug-likeness (QED) is 0.483. The molecule has 2 N–H and O–H groups in total. The summed E-state index contributed by atoms with van der Waals surface area (Å²) >= 11 is 1.32. The number of carbonyl (C=O) groups excluding carboxylic acids is 1. The second kappa shape index (κ2) is 8.05. The van der Waals surface area contributed by atoms with E-state index >= 15 is 0 Å². The second-order valence-corrected chi connectivity index (χ2v) is 6.90. The largest absolute Gasteiger partial charge is 0.361 e. The van der Waals surface area contributed by atoms with E-state index in [9.17, 15) is 4.79 Å². The van der Waals surface area contributed by atoms with E-state index in [0.717, 1.165) is 17.6 Å². The van der Waals surface area contributed by atoms with Gasteiger partial charge in [0.25, 0.3) is 0 Å². The van der Waals surface area contributed by atoms with Gasteiger partial charge < -0.3 is 10.3 Å². The van der Waals surface area contributed by atoms with Crippen LogP contribution in [0.2, 0.25) is 0 Å². The van der Waals surface area contributed by atoms with Crippen LogP contribution >= 0.6 is 11.8 Å². The van der Waals surface area contributed by atoms with Gasteiger partial charge in [0.2, 0.25) is 11.1 Å². The van der Waals surface area contributed by atoms with E-state index in [1.807, 2.05) is 54.7 Å². The lowest BCUT2D eigenvalue weighted by molar-refractivity contribution is -0.118. The number of benzene rings is 2. The van der Waals surface area contributed by atoms with E-state index in [-0.39, 0.29) is 11.7 Å². The van der Waals surface area contributed by atoms with Crippen molar-refractivity contribution in [3.63, 3.8) is 0 Å². The van der Waals surface area contributed by atoms with Crippen LogP contribution < -0.4 is 5.32 Å². The number of nitrogens with zero attached hydrogens (tertiary/aromatic N) is 4. The minimum atomic E-state index is -0.0394. The molecule has 0 spiro atoms. The lowest BCUT2D eigenvalue weighted by atomic mass is 10.1. The highest BCUT2D eigenvalue weighted by molar-refractivity contribution is 7.99. The third kappa shape index (κ3) is 4.01. The smallest absolute Gasteiger partial charge is 0.230 e. The molecule has 2 heterocycles. The van der Waals surface area contributed by atoms with Crippen LogP contribution in [0.3, 0.4) is 0 Å². The highest BCUT2D eigenvalue weighted by atomic mass is 32.2. The average molecular weight is 378 g/mol. The van der Waals surface area contributed by atoms with E-state index in [2.05, 4.69) is 31.9 Å². The molecule has 0 aliphatic carbocycles. The van der Waals surface area contributed by atoms with E-state index in [1.54, 1.807) is 4.68 Å². The van der Waals surface area contributed by atoms with Gasteiger partial charge in [0, 0.05) is 23.6 Å². The highest BCUT2D eigenvalue weighted by Crippen LogP contribution is 2.19. The van der Waals surface area contributed by atoms with Crippen LogP contribution in [0.25, 0.3) is 16.6 Å². The van der Waals surface area contributed by atoms with Gasteiger partial charge in [-0.1, -0.05) is 48.2 Å². The van der Waals surface area contributed by atoms with Crippen LogP contribution in [0.5, 0.6) is 0 Å². The topological polar surface area (TPSA) is 88.5 Å². The summed E-state index contributed by atoms with van der Waals surface area (Å²) < 4.78 is 1.63. The summed E-state index contributed by atoms with van der Waals surface area (Å²) in [5, 5.41) is 16.4. The first-order chi connectivity index (χ1) is 13.3. The fraction of sp³-hybridized carbons (Fsp3) is 0.158. The van der Waals surface area contributed by atoms with Gasteiger partial charge in [-0.25, -0.2) is 0 Å². The number of aromatic nitrogens is 5. The molecule has 0 aliphatic rings. The van der Waals surface area contributed by atoms with Gasteiger partial charge in [-0.15, -0.1) is 5.10 Å². The van der Waals surface area contributed by atoms with Crippen LogP contribution in [-0.2, 0) is 11.2 Å². The van der Waals surface area contributed by atoms with Crippen molar-refractivity contribution in [3.05, 3.63) is 66.4 Å². The molecule has 7 nitrogen and oxygen atoms in total. The number of para-hydroxylation sites is 2. The average Bonchev–Trinajstić information content (AvgIpc) is 3.34. The maximum absolute atomic E-state index is 12.2. The third-order valence-electron chi connectivity index (χ3n) is 4.17. The van der Waals surface area contributed by atoms with Crippen LogP contribution in [0.1, 0.15) is 5.56 Å². The van der Waals surface area contributed by atoms with Gasteiger partial charge in [-0.2, -0.15) is 4.68 Å². The number of tetrazole rings is 1. The molecule has 4 aromatic rings. The van der Waals surface area contributed by atoms with Crippen molar-refractivity contribution >= 4 is 28.6 Å². The fourth-order valence-corrected chi connectivity index (χ4v) is 3.58. The maximum atomic E-state index is 12.2. The zero-order chi connectivity index (χ0) is 18.5. The van der Waals surface area contributed by atoms with Gasteiger partial charge in [0.15, 0.2) is 0 Å². The molecule has 0 fully saturated rings. The van der Waals surface area contributed by atoms with E-state index in [4.69, 9.17) is 0 Å². The highest BCUT2D eigenvalue weighted by Gasteiger charge is 2.11. The van der Waals surface area contributed by atoms with Crippen LogP contribution in [0.15, 0.2) is 66.0 Å². The van der Waals surface area contributed by atoms with Crippen molar-refractivity contribution in [2.45, 2.75) is 11.6 Å². The fourth-order valence-electron chi connectivity index (χ4n) is 2.86. The zero-order valence-corrected chi connectivity index (χ0v) is 15.3. The van der Waals surface area contributed by atoms with Crippen molar-refractivity contribution < 1.29 is 4.79 Å². The number of H-pyrrole nitrogens is 1. The van der Waals surface area contributed by atoms with Crippen molar-refractivity contribution in [3.8, 4) is 5.69 Å². The molecule has 0 saturated carbocycles. The number of carbonyl (C=O) groups is 1. The minimum Gasteiger partial charge on any atom is -0.361 e. The van der Waals surface area contributed by atoms with Crippen molar-refractivity contribution in [2.75, 3.05) is 12.3 Å². The Kier molecular flexibility index (Phi) is 5.15. The summed E-state index contributed by atoms with van der Waals surface area (Å²) in [6.07, 6.45) is 2.78. The molecule has 0 saturated heterocycles. The first kappa shape index (κ1) is 17.3. The SMILES string of the molecule is O=C(CSc1nnnn1-c1ccccc1)NCCc1c[nH]c2ccccc12. The van der Waals surface area contributed by atoms with Gasteiger partial charge >= 0.3 is 0 Å². The zero-order valence-electron chi connectivity index (χ0n) is 14.5. The molecule has 8 heteroatoms. The number of nitrogens with one attached hydrogen (secondary N) is 2. The Balaban J connectivity index is 1.29. The number of hydrogen-bond donors (Lipinski definition) is 2. The second-order valence-electron chi connectivity index (χ2n) is 5.96. The Labute approximate surface area is 160 Å². The normalized spacial score (nSPS) is 11.0. The summed E-state index contributed by atoms with van der Waals surface area (Å²) in [4.78, 5) is 15.4. The van der Waals surface area contributed by atoms with E-state index in [1.165, 1.54) is 22.7 Å². The molecule has 27 heavy (non-hydrogen) atoms. The summed E-state index contributed by atoms with van der Waals surface area (Å²) in [5.74, 6) is 0.226. The van der Waals surface area contributed by atoms with Gasteiger partial charge in [-0.05, 0) is 40.6 Å². The van der Waals surface area contributed by atoms with Crippen molar-refractivity contribution in [2.24, 2.45) is 0 Å². The number of rotatable bonds is 7. The Morgan fingerprint density at radius 1 is 1.11 bits per heavy atom. The van der Waals surface area contributed by atoms with Gasteiger partial charge in [0.05, 0.1) is 11.4 Å². The van der Waals surface area contributed by atoms with Gasteiger partial charge in [0.1, 0.15) is 0 Å². The first-order valence-electron chi connectivity index (χ1n) is 8.59. The minimum absolute atomic E-state index is 0.0394. The number of thioether (sulfide) groups is 1. The lowest BCUT2D eigenvalue weighted by Crippen LogP contribution is -2.27. The van der Waals surface area contributed by atoms with E-state index < -0.39 is 0 Å². The number of hydrogen-bond acceptors (Lipinski definition) is 5. The molecule has 0 atom stereocenters. The first-order valence-corrected chi connectivity index (χ1v) is 9.58. The maximum Gasteiger partial charge on any atom is 0.230 e. The molecule has 2 aromatic carbocycles. The Morgan fingerprint density at radius 2 is 1.93 bits per heavy atom. The van der Waals surface area contributed by atoms with Gasteiger partial charge in [-0.3, -0.25) is 4.79 Å². The molecular formula is C19H18N6OS. The predicted molar refractivity (Wildman–Crippen MR) is 105 cm³/mol. The van der Waals surface area contributed by atoms with E-state index in [0.29, 0.717) is 11.7 Å². The van der Waals surface area contributed by atoms with Crippen molar-refractivity contribution in [1.29, 1.82) is 0 Å². The predicted octanol–water partition coefficient (Wildman–Crippen LogP) is 2.59. The molecule has 136 valence electrons. The number of aromatic amines is 1. The Hall–Kier alpha value is -3.13. The summed E-state index contributed by atoms with van der Waals surface area (Å²) in [5.41, 5.74) is 3.18. The summed E-state index contributed by atoms with van der Waals surface area (Å²) in [7, 11) is 0. The standard InChI is InChI=1S/C19H18N6OS/c26-18(20-11-10-14-12-21-17-9-5-4-8-16(14)17)13-27-19-22-23-24-25(19)15-6-2-1-3-7-15/h1-9,12,21H,10-11,13H2,(H,20,26). The molecule has 1 amide bonds. The Bertz CT molecular complexity index is 1040. The van der Waals surface area contributed by atoms with Crippen LogP contribution in [0, 0.1) is 0 Å². The third-order valence-corrected chi connectivity index (χ3v) is 5.08. The van der Waals surface area contributed by atoms with Crippen LogP contribution in [-0.4, -0.2) is 43.4 Å². The monoisotopic (exact) mass is 378 g/mol. The van der Waals surface area contributed by atoms with Crippen molar-refractivity contribution in [1.82, 2.24) is 30.5 Å². The number of amides is 1. The summed E-state index contributed by atoms with van der Waals surface area (Å²) in [6.45, 7) is 0.588. The molecular weight excluding hydrogens is 360 g/mol. The molecule has 2 aromatic heterocycles. The molecule has 0 aliphatic heterocycles. The molecule has 4 rings (SSSR count). The molecule has 0 unspecified atom stereocenters. The number of fused-ring (bicyclic) bond motifs is 1. The lowest BCUT2D eigenvalue weighted by Gasteiger charge is -2.05. The summed E-state index contributed by atoms with van der Waals surface area (Å²) in [6, 6.07) is 17.8. The molecule has 0 bridgehead atoms.